The van der Waals surface area contributed by atoms with Gasteiger partial charge in [-0.15, -0.1) is 0 Å². The van der Waals surface area contributed by atoms with E-state index < -0.39 is 0 Å². The minimum atomic E-state index is -0.135. The summed E-state index contributed by atoms with van der Waals surface area (Å²) in [5, 5.41) is 5.91. The van der Waals surface area contributed by atoms with Crippen LogP contribution in [0.1, 0.15) is 24.2 Å². The van der Waals surface area contributed by atoms with E-state index in [4.69, 9.17) is 0 Å². The van der Waals surface area contributed by atoms with Crippen LogP contribution >= 0.6 is 11.3 Å². The molecule has 1 N–H and O–H groups in total. The molecule has 1 heterocycles. The molecule has 1 aromatic heterocycles. The number of amides is 1. The van der Waals surface area contributed by atoms with E-state index in [9.17, 15) is 4.79 Å². The summed E-state index contributed by atoms with van der Waals surface area (Å²) in [6, 6.07) is 20.0. The quantitative estimate of drug-likeness (QED) is 0.497. The van der Waals surface area contributed by atoms with Gasteiger partial charge in [-0.2, -0.15) is 0 Å². The van der Waals surface area contributed by atoms with Gasteiger partial charge >= 0.3 is 0 Å². The van der Waals surface area contributed by atoms with Crippen molar-refractivity contribution in [2.75, 3.05) is 23.3 Å². The van der Waals surface area contributed by atoms with Crippen LogP contribution in [0.5, 0.6) is 0 Å². The van der Waals surface area contributed by atoms with Crippen molar-refractivity contribution >= 4 is 49.1 Å². The fraction of sp³-hybridized carbons (Fsp3) is 0.182. The molecule has 0 saturated carbocycles. The van der Waals surface area contributed by atoms with Crippen molar-refractivity contribution in [1.82, 2.24) is 4.98 Å². The third-order valence-electron chi connectivity index (χ3n) is 4.76. The van der Waals surface area contributed by atoms with E-state index in [0.717, 1.165) is 34.4 Å². The number of carbonyl (C=O) groups is 1. The first-order valence-corrected chi connectivity index (χ1v) is 9.96. The van der Waals surface area contributed by atoms with E-state index in [1.54, 1.807) is 0 Å². The van der Waals surface area contributed by atoms with Gasteiger partial charge in [0, 0.05) is 29.7 Å². The van der Waals surface area contributed by atoms with Crippen LogP contribution in [-0.4, -0.2) is 24.0 Å². The molecule has 0 spiro atoms. The highest BCUT2D eigenvalue weighted by Crippen LogP contribution is 2.32. The van der Waals surface area contributed by atoms with E-state index in [0.29, 0.717) is 10.7 Å². The minimum absolute atomic E-state index is 0.135. The molecule has 0 bridgehead atoms. The highest BCUT2D eigenvalue weighted by atomic mass is 32.1. The molecule has 0 unspecified atom stereocenters. The summed E-state index contributed by atoms with van der Waals surface area (Å²) in [5.74, 6) is -0.135. The van der Waals surface area contributed by atoms with Crippen molar-refractivity contribution in [2.45, 2.75) is 13.8 Å². The molecule has 0 saturated heterocycles. The summed E-state index contributed by atoms with van der Waals surface area (Å²) >= 11 is 1.51. The Morgan fingerprint density at radius 3 is 2.48 bits per heavy atom. The monoisotopic (exact) mass is 375 g/mol. The predicted octanol–water partition coefficient (Wildman–Crippen LogP) is 5.55. The van der Waals surface area contributed by atoms with Gasteiger partial charge in [0.15, 0.2) is 5.13 Å². The maximum atomic E-state index is 12.6. The number of benzene rings is 3. The molecule has 1 amide bonds. The smallest absolute Gasteiger partial charge is 0.257 e. The Morgan fingerprint density at radius 1 is 1.00 bits per heavy atom. The van der Waals surface area contributed by atoms with Gasteiger partial charge in [-0.3, -0.25) is 10.1 Å². The topological polar surface area (TPSA) is 45.2 Å². The molecular formula is C22H21N3OS. The van der Waals surface area contributed by atoms with Crippen LogP contribution < -0.4 is 10.2 Å². The Labute approximate surface area is 162 Å². The number of nitrogens with one attached hydrogen (secondary N) is 1. The summed E-state index contributed by atoms with van der Waals surface area (Å²) in [7, 11) is 0. The number of rotatable bonds is 5. The standard InChI is InChI=1S/C22H21N3OS/c1-3-25(4-2)17-12-9-16(10-13-17)21(26)24-22-23-19-14-11-15-7-5-6-8-18(15)20(19)27-22/h5-14H,3-4H2,1-2H3,(H,23,24,26). The maximum Gasteiger partial charge on any atom is 0.257 e. The van der Waals surface area contributed by atoms with Gasteiger partial charge in [-0.05, 0) is 49.6 Å². The van der Waals surface area contributed by atoms with Gasteiger partial charge in [0.25, 0.3) is 5.91 Å². The molecular weight excluding hydrogens is 354 g/mol. The minimum Gasteiger partial charge on any atom is -0.372 e. The Bertz CT molecular complexity index is 1100. The number of carbonyl (C=O) groups excluding carboxylic acids is 1. The number of fused-ring (bicyclic) bond motifs is 3. The number of anilines is 2. The molecule has 136 valence electrons. The molecule has 0 atom stereocenters. The lowest BCUT2D eigenvalue weighted by Gasteiger charge is -2.20. The van der Waals surface area contributed by atoms with Crippen LogP contribution in [0.15, 0.2) is 60.7 Å². The van der Waals surface area contributed by atoms with Crippen LogP contribution in [0.2, 0.25) is 0 Å². The van der Waals surface area contributed by atoms with Crippen molar-refractivity contribution in [3.05, 3.63) is 66.2 Å². The zero-order chi connectivity index (χ0) is 18.8. The lowest BCUT2D eigenvalue weighted by atomic mass is 10.1. The lowest BCUT2D eigenvalue weighted by molar-refractivity contribution is 0.102. The normalized spacial score (nSPS) is 11.0. The summed E-state index contributed by atoms with van der Waals surface area (Å²) in [6.07, 6.45) is 0. The van der Waals surface area contributed by atoms with E-state index >= 15 is 0 Å². The number of nitrogens with zero attached hydrogens (tertiary/aromatic N) is 2. The number of aromatic nitrogens is 1. The van der Waals surface area contributed by atoms with Gasteiger partial charge in [-0.25, -0.2) is 4.98 Å². The first-order valence-electron chi connectivity index (χ1n) is 9.14. The van der Waals surface area contributed by atoms with Crippen molar-refractivity contribution in [2.24, 2.45) is 0 Å². The van der Waals surface area contributed by atoms with Gasteiger partial charge in [0.05, 0.1) is 10.2 Å². The van der Waals surface area contributed by atoms with E-state index in [1.165, 1.54) is 16.7 Å². The van der Waals surface area contributed by atoms with Crippen molar-refractivity contribution in [1.29, 1.82) is 0 Å². The molecule has 5 heteroatoms. The van der Waals surface area contributed by atoms with Crippen molar-refractivity contribution in [3.63, 3.8) is 0 Å². The van der Waals surface area contributed by atoms with Crippen LogP contribution in [0, 0.1) is 0 Å². The Morgan fingerprint density at radius 2 is 1.74 bits per heavy atom. The zero-order valence-corrected chi connectivity index (χ0v) is 16.2. The molecule has 3 aromatic carbocycles. The predicted molar refractivity (Wildman–Crippen MR) is 115 cm³/mol. The molecule has 0 radical (unpaired) electrons. The van der Waals surface area contributed by atoms with Gasteiger partial charge in [-0.1, -0.05) is 41.7 Å². The maximum absolute atomic E-state index is 12.6. The number of hydrogen-bond acceptors (Lipinski definition) is 4. The fourth-order valence-corrected chi connectivity index (χ4v) is 4.29. The summed E-state index contributed by atoms with van der Waals surface area (Å²) < 4.78 is 1.10. The van der Waals surface area contributed by atoms with Crippen LogP contribution in [0.4, 0.5) is 10.8 Å². The van der Waals surface area contributed by atoms with E-state index in [-0.39, 0.29) is 5.91 Å². The third-order valence-corrected chi connectivity index (χ3v) is 5.78. The first-order chi connectivity index (χ1) is 13.2. The molecule has 4 nitrogen and oxygen atoms in total. The molecule has 4 aromatic rings. The van der Waals surface area contributed by atoms with Gasteiger partial charge in [0.2, 0.25) is 0 Å². The Kier molecular flexibility index (Phi) is 4.77. The van der Waals surface area contributed by atoms with Crippen molar-refractivity contribution < 1.29 is 4.79 Å². The molecule has 27 heavy (non-hydrogen) atoms. The summed E-state index contributed by atoms with van der Waals surface area (Å²) in [5.41, 5.74) is 2.67. The largest absolute Gasteiger partial charge is 0.372 e. The third kappa shape index (κ3) is 3.38. The number of hydrogen-bond donors (Lipinski definition) is 1. The first kappa shape index (κ1) is 17.5. The van der Waals surface area contributed by atoms with E-state index in [2.05, 4.69) is 47.2 Å². The van der Waals surface area contributed by atoms with E-state index in [1.807, 2.05) is 42.5 Å². The lowest BCUT2D eigenvalue weighted by Crippen LogP contribution is -2.21. The second kappa shape index (κ2) is 7.37. The molecule has 0 aliphatic heterocycles. The van der Waals surface area contributed by atoms with Crippen LogP contribution in [-0.2, 0) is 0 Å². The Hall–Kier alpha value is -2.92. The van der Waals surface area contributed by atoms with Crippen LogP contribution in [0.3, 0.4) is 0 Å². The second-order valence-corrected chi connectivity index (χ2v) is 7.33. The van der Waals surface area contributed by atoms with Gasteiger partial charge < -0.3 is 4.90 Å². The Balaban J connectivity index is 1.58. The average Bonchev–Trinajstić information content (AvgIpc) is 3.12. The molecule has 4 rings (SSSR count). The fourth-order valence-electron chi connectivity index (χ4n) is 3.29. The van der Waals surface area contributed by atoms with Crippen molar-refractivity contribution in [3.8, 4) is 0 Å². The average molecular weight is 375 g/mol. The highest BCUT2D eigenvalue weighted by Gasteiger charge is 2.12. The molecule has 0 aliphatic carbocycles. The second-order valence-electron chi connectivity index (χ2n) is 6.33. The molecule has 0 fully saturated rings. The molecule has 0 aliphatic rings. The zero-order valence-electron chi connectivity index (χ0n) is 15.4. The summed E-state index contributed by atoms with van der Waals surface area (Å²) in [4.78, 5) is 19.4. The van der Waals surface area contributed by atoms with Crippen LogP contribution in [0.25, 0.3) is 21.0 Å². The number of thiazole rings is 1. The van der Waals surface area contributed by atoms with Gasteiger partial charge in [0.1, 0.15) is 0 Å². The highest BCUT2D eigenvalue weighted by molar-refractivity contribution is 7.23. The SMILES string of the molecule is CCN(CC)c1ccc(C(=O)Nc2nc3ccc4ccccc4c3s2)cc1. The summed E-state index contributed by atoms with van der Waals surface area (Å²) in [6.45, 7) is 6.14.